The molecule has 0 saturated heterocycles. The van der Waals surface area contributed by atoms with Gasteiger partial charge in [0.25, 0.3) is 0 Å². The monoisotopic (exact) mass is 236 g/mol. The molecule has 0 aromatic carbocycles. The second-order valence-electron chi connectivity index (χ2n) is 5.58. The van der Waals surface area contributed by atoms with Crippen LogP contribution < -0.4 is 0 Å². The molecule has 0 aromatic rings. The average molecular weight is 236 g/mol. The van der Waals surface area contributed by atoms with Crippen molar-refractivity contribution in [2.75, 3.05) is 0 Å². The highest BCUT2D eigenvalue weighted by molar-refractivity contribution is 5.05. The lowest BCUT2D eigenvalue weighted by Gasteiger charge is -2.21. The summed E-state index contributed by atoms with van der Waals surface area (Å²) in [5.74, 6) is 0.384. The minimum atomic E-state index is -0.754. The second-order valence-corrected chi connectivity index (χ2v) is 5.58. The Bertz CT molecular complexity index is 291. The summed E-state index contributed by atoms with van der Waals surface area (Å²) in [5.41, 5.74) is 2.02. The van der Waals surface area contributed by atoms with E-state index < -0.39 is 5.60 Å². The largest absolute Gasteiger partial charge is 0.386 e. The smallest absolute Gasteiger partial charge is 0.0802 e. The van der Waals surface area contributed by atoms with E-state index in [2.05, 4.69) is 46.4 Å². The molecule has 0 aliphatic carbocycles. The fraction of sp³-hybridized carbons (Fsp3) is 0.625. The summed E-state index contributed by atoms with van der Waals surface area (Å²) in [7, 11) is 0. The molecule has 0 amide bonds. The topological polar surface area (TPSA) is 20.2 Å². The Morgan fingerprint density at radius 2 is 1.94 bits per heavy atom. The van der Waals surface area contributed by atoms with Crippen LogP contribution >= 0.6 is 0 Å². The van der Waals surface area contributed by atoms with E-state index in [1.807, 2.05) is 6.92 Å². The van der Waals surface area contributed by atoms with Gasteiger partial charge in [-0.2, -0.15) is 0 Å². The van der Waals surface area contributed by atoms with Gasteiger partial charge >= 0.3 is 0 Å². The maximum atomic E-state index is 9.90. The molecule has 0 saturated carbocycles. The Morgan fingerprint density at radius 3 is 2.41 bits per heavy atom. The number of aliphatic hydroxyl groups is 1. The third-order valence-corrected chi connectivity index (χ3v) is 2.84. The lowest BCUT2D eigenvalue weighted by molar-refractivity contribution is 0.0917. The molecule has 17 heavy (non-hydrogen) atoms. The van der Waals surface area contributed by atoms with E-state index in [0.717, 1.165) is 19.3 Å². The van der Waals surface area contributed by atoms with Crippen LogP contribution in [-0.2, 0) is 0 Å². The molecule has 0 bridgehead atoms. The van der Waals surface area contributed by atoms with Gasteiger partial charge in [-0.1, -0.05) is 36.3 Å². The SMILES string of the molecule is C=C[C@](C)(O)C[C@H](C)/C=C(\C)CCC=C(C)C. The highest BCUT2D eigenvalue weighted by atomic mass is 16.3. The molecule has 0 aliphatic heterocycles. The fourth-order valence-corrected chi connectivity index (χ4v) is 1.95. The van der Waals surface area contributed by atoms with E-state index in [1.54, 1.807) is 6.08 Å². The number of hydrogen-bond donors (Lipinski definition) is 1. The summed E-state index contributed by atoms with van der Waals surface area (Å²) < 4.78 is 0. The molecule has 0 spiro atoms. The Hall–Kier alpha value is -0.820. The van der Waals surface area contributed by atoms with E-state index in [9.17, 15) is 5.11 Å². The zero-order chi connectivity index (χ0) is 13.5. The van der Waals surface area contributed by atoms with Gasteiger partial charge in [-0.25, -0.2) is 0 Å². The van der Waals surface area contributed by atoms with Crippen LogP contribution in [0.1, 0.15) is 53.9 Å². The van der Waals surface area contributed by atoms with Crippen molar-refractivity contribution in [3.8, 4) is 0 Å². The minimum Gasteiger partial charge on any atom is -0.386 e. The molecule has 0 unspecified atom stereocenters. The summed E-state index contributed by atoms with van der Waals surface area (Å²) in [5, 5.41) is 9.90. The number of allylic oxidation sites excluding steroid dienone is 4. The Morgan fingerprint density at radius 1 is 1.35 bits per heavy atom. The van der Waals surface area contributed by atoms with Crippen molar-refractivity contribution < 1.29 is 5.11 Å². The normalized spacial score (nSPS) is 17.2. The third kappa shape index (κ3) is 8.93. The van der Waals surface area contributed by atoms with Crippen molar-refractivity contribution in [1.82, 2.24) is 0 Å². The maximum absolute atomic E-state index is 9.90. The van der Waals surface area contributed by atoms with Crippen LogP contribution in [0.25, 0.3) is 0 Å². The van der Waals surface area contributed by atoms with Gasteiger partial charge in [-0.05, 0) is 52.9 Å². The molecule has 0 heterocycles. The molecule has 2 atom stereocenters. The lowest BCUT2D eigenvalue weighted by Crippen LogP contribution is -2.22. The predicted molar refractivity (Wildman–Crippen MR) is 77.0 cm³/mol. The zero-order valence-electron chi connectivity index (χ0n) is 12.1. The predicted octanol–water partition coefficient (Wildman–Crippen LogP) is 4.64. The quantitative estimate of drug-likeness (QED) is 0.638. The fourth-order valence-electron chi connectivity index (χ4n) is 1.95. The van der Waals surface area contributed by atoms with E-state index in [1.165, 1.54) is 11.1 Å². The summed E-state index contributed by atoms with van der Waals surface area (Å²) in [6.07, 6.45) is 9.09. The standard InChI is InChI=1S/C16H28O/c1-7-16(6,17)12-15(5)11-14(4)10-8-9-13(2)3/h7,9,11,15,17H,1,8,10,12H2,2-6H3/b14-11+/t15-,16+/m1/s1. The molecular weight excluding hydrogens is 208 g/mol. The van der Waals surface area contributed by atoms with Crippen molar-refractivity contribution in [2.45, 2.75) is 59.5 Å². The van der Waals surface area contributed by atoms with Gasteiger partial charge < -0.3 is 5.11 Å². The van der Waals surface area contributed by atoms with E-state index in [4.69, 9.17) is 0 Å². The molecule has 1 N–H and O–H groups in total. The first-order valence-electron chi connectivity index (χ1n) is 6.43. The van der Waals surface area contributed by atoms with Crippen LogP contribution in [0.5, 0.6) is 0 Å². The van der Waals surface area contributed by atoms with Crippen LogP contribution in [0.3, 0.4) is 0 Å². The van der Waals surface area contributed by atoms with Crippen LogP contribution in [0.4, 0.5) is 0 Å². The summed E-state index contributed by atoms with van der Waals surface area (Å²) in [6, 6.07) is 0. The van der Waals surface area contributed by atoms with E-state index in [-0.39, 0.29) is 0 Å². The minimum absolute atomic E-state index is 0.384. The summed E-state index contributed by atoms with van der Waals surface area (Å²) in [6.45, 7) is 14.0. The number of rotatable bonds is 7. The van der Waals surface area contributed by atoms with Gasteiger partial charge in [0.15, 0.2) is 0 Å². The summed E-state index contributed by atoms with van der Waals surface area (Å²) in [4.78, 5) is 0. The van der Waals surface area contributed by atoms with Crippen molar-refractivity contribution in [3.63, 3.8) is 0 Å². The maximum Gasteiger partial charge on any atom is 0.0802 e. The molecule has 0 fully saturated rings. The molecule has 0 rings (SSSR count). The summed E-state index contributed by atoms with van der Waals surface area (Å²) >= 11 is 0. The van der Waals surface area contributed by atoms with Crippen molar-refractivity contribution in [1.29, 1.82) is 0 Å². The molecule has 1 nitrogen and oxygen atoms in total. The molecule has 0 aromatic heterocycles. The van der Waals surface area contributed by atoms with Gasteiger partial charge in [0.1, 0.15) is 0 Å². The first kappa shape index (κ1) is 16.2. The highest BCUT2D eigenvalue weighted by Crippen LogP contribution is 2.20. The Kier molecular flexibility index (Phi) is 7.13. The molecule has 0 aliphatic rings. The van der Waals surface area contributed by atoms with Crippen LogP contribution in [0.2, 0.25) is 0 Å². The molecule has 98 valence electrons. The van der Waals surface area contributed by atoms with Gasteiger partial charge in [-0.15, -0.1) is 6.58 Å². The first-order valence-corrected chi connectivity index (χ1v) is 6.43. The molecule has 0 radical (unpaired) electrons. The van der Waals surface area contributed by atoms with Gasteiger partial charge in [0.2, 0.25) is 0 Å². The van der Waals surface area contributed by atoms with E-state index >= 15 is 0 Å². The lowest BCUT2D eigenvalue weighted by atomic mass is 9.91. The molecule has 1 heteroatoms. The Labute approximate surface area is 107 Å². The van der Waals surface area contributed by atoms with Crippen LogP contribution in [0.15, 0.2) is 36.0 Å². The molecular formula is C16H28O. The first-order chi connectivity index (χ1) is 7.76. The van der Waals surface area contributed by atoms with E-state index in [0.29, 0.717) is 5.92 Å². The second kappa shape index (κ2) is 7.50. The zero-order valence-corrected chi connectivity index (χ0v) is 12.1. The number of hydrogen-bond acceptors (Lipinski definition) is 1. The Balaban J connectivity index is 4.19. The van der Waals surface area contributed by atoms with Crippen LogP contribution in [0, 0.1) is 5.92 Å². The van der Waals surface area contributed by atoms with Gasteiger partial charge in [0.05, 0.1) is 5.60 Å². The van der Waals surface area contributed by atoms with Gasteiger partial charge in [0, 0.05) is 0 Å². The van der Waals surface area contributed by atoms with Crippen molar-refractivity contribution in [2.24, 2.45) is 5.92 Å². The van der Waals surface area contributed by atoms with Crippen molar-refractivity contribution in [3.05, 3.63) is 36.0 Å². The third-order valence-electron chi connectivity index (χ3n) is 2.84. The van der Waals surface area contributed by atoms with Gasteiger partial charge in [-0.3, -0.25) is 0 Å². The average Bonchev–Trinajstić information content (AvgIpc) is 2.15. The van der Waals surface area contributed by atoms with Crippen LogP contribution in [-0.4, -0.2) is 10.7 Å². The highest BCUT2D eigenvalue weighted by Gasteiger charge is 2.17. The van der Waals surface area contributed by atoms with Crippen molar-refractivity contribution >= 4 is 0 Å².